The third-order valence-electron chi connectivity index (χ3n) is 4.07. The van der Waals surface area contributed by atoms with Gasteiger partial charge in [0.15, 0.2) is 11.5 Å². The van der Waals surface area contributed by atoms with E-state index in [1.54, 1.807) is 0 Å². The first-order valence-corrected chi connectivity index (χ1v) is 10.5. The Labute approximate surface area is 157 Å². The van der Waals surface area contributed by atoms with E-state index in [0.29, 0.717) is 13.2 Å². The first-order chi connectivity index (χ1) is 12.2. The zero-order chi connectivity index (χ0) is 18.3. The van der Waals surface area contributed by atoms with Gasteiger partial charge in [0, 0.05) is 0 Å². The van der Waals surface area contributed by atoms with Crippen molar-refractivity contribution in [1.82, 2.24) is 0 Å². The minimum atomic E-state index is 0.695. The van der Waals surface area contributed by atoms with Crippen molar-refractivity contribution in [3.05, 3.63) is 12.1 Å². The van der Waals surface area contributed by atoms with E-state index in [0.717, 1.165) is 48.3 Å². The van der Waals surface area contributed by atoms with Gasteiger partial charge >= 0.3 is 0 Å². The van der Waals surface area contributed by atoms with Gasteiger partial charge in [0.2, 0.25) is 5.75 Å². The standard InChI is InChI=1S/C21H35O3Si/c1-4-7-10-15-22-18-13-14-19(25)21(24-17-12-9-6-3)20(18)23-16-11-8-5-2/h13-14H,4-12,15-17H2,1-3H3. The fourth-order valence-corrected chi connectivity index (χ4v) is 2.79. The molecule has 0 fully saturated rings. The number of unbranched alkanes of at least 4 members (excludes halogenated alkanes) is 6. The maximum atomic E-state index is 6.08. The fourth-order valence-electron chi connectivity index (χ4n) is 2.53. The summed E-state index contributed by atoms with van der Waals surface area (Å²) in [6, 6.07) is 3.96. The monoisotopic (exact) mass is 363 g/mol. The molecule has 0 unspecified atom stereocenters. The van der Waals surface area contributed by atoms with E-state index in [9.17, 15) is 0 Å². The van der Waals surface area contributed by atoms with Gasteiger partial charge in [-0.15, -0.1) is 0 Å². The van der Waals surface area contributed by atoms with Crippen LogP contribution in [-0.2, 0) is 0 Å². The first-order valence-electron chi connectivity index (χ1n) is 10.0. The molecule has 0 bridgehead atoms. The third kappa shape index (κ3) is 8.66. The smallest absolute Gasteiger partial charge is 0.203 e. The van der Waals surface area contributed by atoms with Crippen molar-refractivity contribution in [1.29, 1.82) is 0 Å². The molecule has 0 saturated carbocycles. The van der Waals surface area contributed by atoms with E-state index in [2.05, 4.69) is 31.0 Å². The van der Waals surface area contributed by atoms with Gasteiger partial charge in [0.1, 0.15) is 0 Å². The Morgan fingerprint density at radius 1 is 0.640 bits per heavy atom. The van der Waals surface area contributed by atoms with Gasteiger partial charge in [-0.05, 0) is 30.5 Å². The largest absolute Gasteiger partial charge is 0.490 e. The molecule has 0 spiro atoms. The molecule has 0 heterocycles. The van der Waals surface area contributed by atoms with Crippen molar-refractivity contribution < 1.29 is 14.2 Å². The van der Waals surface area contributed by atoms with Crippen molar-refractivity contribution in [2.24, 2.45) is 0 Å². The Hall–Kier alpha value is -1.16. The van der Waals surface area contributed by atoms with Gasteiger partial charge < -0.3 is 14.2 Å². The van der Waals surface area contributed by atoms with E-state index in [1.165, 1.54) is 38.5 Å². The molecule has 141 valence electrons. The van der Waals surface area contributed by atoms with Crippen LogP contribution in [0.3, 0.4) is 0 Å². The summed E-state index contributed by atoms with van der Waals surface area (Å²) in [5.41, 5.74) is 0. The minimum absolute atomic E-state index is 0.695. The van der Waals surface area contributed by atoms with E-state index < -0.39 is 0 Å². The number of ether oxygens (including phenoxy) is 3. The van der Waals surface area contributed by atoms with Gasteiger partial charge in [-0.2, -0.15) is 0 Å². The summed E-state index contributed by atoms with van der Waals surface area (Å²) in [7, 11) is 3.66. The highest BCUT2D eigenvalue weighted by Gasteiger charge is 2.16. The SMILES string of the molecule is CCCCCOc1ccc([Si])c(OCCCCC)c1OCCCCC. The van der Waals surface area contributed by atoms with Crippen LogP contribution in [0.4, 0.5) is 0 Å². The average Bonchev–Trinajstić information content (AvgIpc) is 2.62. The topological polar surface area (TPSA) is 27.7 Å². The van der Waals surface area contributed by atoms with Crippen LogP contribution in [-0.4, -0.2) is 30.1 Å². The van der Waals surface area contributed by atoms with Gasteiger partial charge in [0.25, 0.3) is 0 Å². The second-order valence-corrected chi connectivity index (χ2v) is 6.97. The maximum Gasteiger partial charge on any atom is 0.203 e. The van der Waals surface area contributed by atoms with Crippen LogP contribution in [0.15, 0.2) is 12.1 Å². The van der Waals surface area contributed by atoms with Gasteiger partial charge in [0.05, 0.1) is 30.1 Å². The molecular weight excluding hydrogens is 328 g/mol. The Bertz CT molecular complexity index is 463. The molecule has 3 radical (unpaired) electrons. The van der Waals surface area contributed by atoms with Crippen molar-refractivity contribution in [2.45, 2.75) is 78.6 Å². The Kier molecular flexibility index (Phi) is 12.3. The summed E-state index contributed by atoms with van der Waals surface area (Å²) >= 11 is 0. The average molecular weight is 364 g/mol. The number of benzene rings is 1. The molecule has 0 aliphatic carbocycles. The maximum absolute atomic E-state index is 6.08. The lowest BCUT2D eigenvalue weighted by molar-refractivity contribution is 0.236. The second kappa shape index (κ2) is 14.1. The summed E-state index contributed by atoms with van der Waals surface area (Å²) in [5, 5.41) is 0.919. The molecule has 0 aromatic heterocycles. The molecule has 0 saturated heterocycles. The van der Waals surface area contributed by atoms with Crippen LogP contribution < -0.4 is 19.4 Å². The van der Waals surface area contributed by atoms with Crippen molar-refractivity contribution in [3.8, 4) is 17.2 Å². The molecule has 0 aliphatic rings. The van der Waals surface area contributed by atoms with Crippen LogP contribution in [0.2, 0.25) is 0 Å². The molecule has 1 rings (SSSR count). The molecule has 0 aliphatic heterocycles. The molecule has 0 amide bonds. The quantitative estimate of drug-likeness (QED) is 0.317. The van der Waals surface area contributed by atoms with Crippen LogP contribution in [0.25, 0.3) is 0 Å². The normalized spacial score (nSPS) is 10.7. The Morgan fingerprint density at radius 3 is 1.64 bits per heavy atom. The van der Waals surface area contributed by atoms with Gasteiger partial charge in [-0.25, -0.2) is 0 Å². The van der Waals surface area contributed by atoms with Gasteiger partial charge in [-0.3, -0.25) is 0 Å². The van der Waals surface area contributed by atoms with E-state index >= 15 is 0 Å². The third-order valence-corrected chi connectivity index (χ3v) is 4.46. The highest BCUT2D eigenvalue weighted by atomic mass is 28.1. The molecule has 1 aromatic rings. The minimum Gasteiger partial charge on any atom is -0.490 e. The summed E-state index contributed by atoms with van der Waals surface area (Å²) in [4.78, 5) is 0. The number of hydrogen-bond acceptors (Lipinski definition) is 3. The lowest BCUT2D eigenvalue weighted by Crippen LogP contribution is -2.14. The van der Waals surface area contributed by atoms with Crippen molar-refractivity contribution in [3.63, 3.8) is 0 Å². The zero-order valence-electron chi connectivity index (χ0n) is 16.4. The van der Waals surface area contributed by atoms with Crippen LogP contribution in [0.1, 0.15) is 78.6 Å². The first kappa shape index (κ1) is 21.9. The van der Waals surface area contributed by atoms with E-state index in [1.807, 2.05) is 12.1 Å². The summed E-state index contributed by atoms with van der Waals surface area (Å²) < 4.78 is 18.1. The van der Waals surface area contributed by atoms with E-state index in [4.69, 9.17) is 14.2 Å². The fraction of sp³-hybridized carbons (Fsp3) is 0.714. The summed E-state index contributed by atoms with van der Waals surface area (Å²) in [6.45, 7) is 8.71. The van der Waals surface area contributed by atoms with Crippen LogP contribution in [0, 0.1) is 0 Å². The highest BCUT2D eigenvalue weighted by Crippen LogP contribution is 2.36. The highest BCUT2D eigenvalue weighted by molar-refractivity contribution is 6.34. The molecular formula is C21H35O3Si. The molecule has 3 nitrogen and oxygen atoms in total. The molecule has 4 heteroatoms. The molecule has 0 atom stereocenters. The zero-order valence-corrected chi connectivity index (χ0v) is 17.4. The second-order valence-electron chi connectivity index (χ2n) is 6.44. The Morgan fingerprint density at radius 2 is 1.12 bits per heavy atom. The molecule has 1 aromatic carbocycles. The molecule has 0 N–H and O–H groups in total. The van der Waals surface area contributed by atoms with Crippen LogP contribution in [0.5, 0.6) is 17.2 Å². The Balaban J connectivity index is 2.80. The van der Waals surface area contributed by atoms with Crippen molar-refractivity contribution in [2.75, 3.05) is 19.8 Å². The lowest BCUT2D eigenvalue weighted by atomic mass is 10.2. The molecule has 25 heavy (non-hydrogen) atoms. The predicted molar refractivity (Wildman–Crippen MR) is 107 cm³/mol. The lowest BCUT2D eigenvalue weighted by Gasteiger charge is -2.19. The summed E-state index contributed by atoms with van der Waals surface area (Å²) in [5.74, 6) is 2.31. The predicted octanol–water partition coefficient (Wildman–Crippen LogP) is 5.19. The summed E-state index contributed by atoms with van der Waals surface area (Å²) in [6.07, 6.45) is 10.3. The number of hydrogen-bond donors (Lipinski definition) is 0. The van der Waals surface area contributed by atoms with Gasteiger partial charge in [-0.1, -0.05) is 65.4 Å². The van der Waals surface area contributed by atoms with Crippen molar-refractivity contribution >= 4 is 15.4 Å². The van der Waals surface area contributed by atoms with Crippen LogP contribution >= 0.6 is 0 Å². The van der Waals surface area contributed by atoms with E-state index in [-0.39, 0.29) is 0 Å². The number of rotatable bonds is 15.